The molecule has 0 unspecified atom stereocenters. The van der Waals surface area contributed by atoms with Crippen molar-refractivity contribution in [3.63, 3.8) is 0 Å². The predicted octanol–water partition coefficient (Wildman–Crippen LogP) is 4.74. The van der Waals surface area contributed by atoms with E-state index in [4.69, 9.17) is 4.74 Å². The number of hydrogen-bond donors (Lipinski definition) is 2. The summed E-state index contributed by atoms with van der Waals surface area (Å²) in [5.74, 6) is -0.782. The Bertz CT molecular complexity index is 1180. The molecule has 9 nitrogen and oxygen atoms in total. The van der Waals surface area contributed by atoms with Crippen molar-refractivity contribution in [2.45, 2.75) is 66.2 Å². The summed E-state index contributed by atoms with van der Waals surface area (Å²) in [6.45, 7) is 12.5. The van der Waals surface area contributed by atoms with Crippen LogP contribution in [0.4, 0.5) is 4.79 Å². The first-order chi connectivity index (χ1) is 16.7. The fourth-order valence-corrected chi connectivity index (χ4v) is 3.93. The number of benzene rings is 1. The third kappa shape index (κ3) is 6.79. The van der Waals surface area contributed by atoms with E-state index in [1.54, 1.807) is 31.4 Å². The highest BCUT2D eigenvalue weighted by molar-refractivity contribution is 5.93. The summed E-state index contributed by atoms with van der Waals surface area (Å²) >= 11 is 0. The topological polar surface area (TPSA) is 109 Å². The minimum Gasteiger partial charge on any atom is -0.476 e. The van der Waals surface area contributed by atoms with Crippen molar-refractivity contribution in [1.29, 1.82) is 0 Å². The molecule has 1 amide bonds. The Hall–Kier alpha value is -3.46. The molecule has 1 fully saturated rings. The highest BCUT2D eigenvalue weighted by Gasteiger charge is 2.20. The molecule has 0 saturated carbocycles. The summed E-state index contributed by atoms with van der Waals surface area (Å²) in [6.07, 6.45) is 1.85. The summed E-state index contributed by atoms with van der Waals surface area (Å²) in [6, 6.07) is 11.0. The van der Waals surface area contributed by atoms with Crippen LogP contribution in [0.3, 0.4) is 0 Å². The number of carbonyl (C=O) groups is 2. The summed E-state index contributed by atoms with van der Waals surface area (Å²) in [5.41, 5.74) is 2.28. The van der Waals surface area contributed by atoms with Gasteiger partial charge in [0.15, 0.2) is 11.5 Å². The van der Waals surface area contributed by atoms with E-state index in [9.17, 15) is 14.7 Å². The average Bonchev–Trinajstić information content (AvgIpc) is 3.48. The first kappa shape index (κ1) is 26.2. The molecular formula is C26H35N5O4. The molecular weight excluding hydrogens is 446 g/mol. The summed E-state index contributed by atoms with van der Waals surface area (Å²) < 4.78 is 6.97. The number of carbonyl (C=O) groups excluding carboxylic acids is 1. The molecule has 35 heavy (non-hydrogen) atoms. The van der Waals surface area contributed by atoms with E-state index in [2.05, 4.69) is 20.3 Å². The minimum atomic E-state index is -1.10. The lowest BCUT2D eigenvalue weighted by Gasteiger charge is -2.19. The van der Waals surface area contributed by atoms with Gasteiger partial charge in [-0.15, -0.1) is 5.10 Å². The summed E-state index contributed by atoms with van der Waals surface area (Å²) in [5, 5.41) is 17.2. The van der Waals surface area contributed by atoms with Crippen molar-refractivity contribution < 1.29 is 19.4 Å². The van der Waals surface area contributed by atoms with Gasteiger partial charge in [0, 0.05) is 18.7 Å². The van der Waals surface area contributed by atoms with Gasteiger partial charge in [0.05, 0.1) is 11.2 Å². The molecule has 9 heteroatoms. The number of alkyl carbamates (subject to hydrolysis) is 1. The Kier molecular flexibility index (Phi) is 8.45. The van der Waals surface area contributed by atoms with Gasteiger partial charge in [0.2, 0.25) is 0 Å². The molecule has 188 valence electrons. The molecule has 0 bridgehead atoms. The quantitative estimate of drug-likeness (QED) is 0.523. The third-order valence-corrected chi connectivity index (χ3v) is 5.40. The van der Waals surface area contributed by atoms with E-state index in [1.807, 2.05) is 44.2 Å². The van der Waals surface area contributed by atoms with Crippen molar-refractivity contribution in [3.05, 3.63) is 53.3 Å². The Morgan fingerprint density at radius 2 is 1.83 bits per heavy atom. The van der Waals surface area contributed by atoms with Gasteiger partial charge >= 0.3 is 12.1 Å². The van der Waals surface area contributed by atoms with Crippen LogP contribution in [-0.4, -0.2) is 55.4 Å². The van der Waals surface area contributed by atoms with Crippen LogP contribution in [0, 0.1) is 0 Å². The van der Waals surface area contributed by atoms with E-state index < -0.39 is 17.7 Å². The van der Waals surface area contributed by atoms with Crippen LogP contribution in [0.15, 0.2) is 36.4 Å². The van der Waals surface area contributed by atoms with Crippen molar-refractivity contribution in [2.75, 3.05) is 13.1 Å². The molecule has 0 spiro atoms. The number of aromatic nitrogens is 3. The summed E-state index contributed by atoms with van der Waals surface area (Å²) in [7, 11) is 0. The van der Waals surface area contributed by atoms with Crippen LogP contribution in [0.2, 0.25) is 0 Å². The molecule has 0 atom stereocenters. The number of amides is 1. The SMILES string of the molecule is CC.CC(C)(C)OC(=O)NCc1cccc(-c2nc(C(=O)O)c3ccc(CN4CCCC4)n3n2)c1. The zero-order chi connectivity index (χ0) is 25.6. The number of aromatic carboxylic acids is 1. The lowest BCUT2D eigenvalue weighted by atomic mass is 10.1. The van der Waals surface area contributed by atoms with Crippen molar-refractivity contribution >= 4 is 17.6 Å². The first-order valence-electron chi connectivity index (χ1n) is 12.1. The maximum Gasteiger partial charge on any atom is 0.407 e. The standard InChI is InChI=1S/C24H29N5O4.C2H6/c1-24(2,3)33-23(32)25-14-16-7-6-8-17(13-16)21-26-20(22(30)31)19-10-9-18(29(19)27-21)15-28-11-4-5-12-28;1-2/h6-10,13H,4-5,11-12,14-15H2,1-3H3,(H,25,32)(H,30,31);1-2H3. The van der Waals surface area contributed by atoms with E-state index in [0.717, 1.165) is 24.3 Å². The number of fused-ring (bicyclic) bond motifs is 1. The number of ether oxygens (including phenoxy) is 1. The fourth-order valence-electron chi connectivity index (χ4n) is 3.93. The number of rotatable bonds is 6. The van der Waals surface area contributed by atoms with Crippen LogP contribution in [0.25, 0.3) is 16.9 Å². The van der Waals surface area contributed by atoms with Crippen LogP contribution in [0.1, 0.15) is 69.2 Å². The zero-order valence-electron chi connectivity index (χ0n) is 21.2. The fraction of sp³-hybridized carbons (Fsp3) is 0.462. The molecule has 3 aromatic rings. The summed E-state index contributed by atoms with van der Waals surface area (Å²) in [4.78, 5) is 30.6. The highest BCUT2D eigenvalue weighted by atomic mass is 16.6. The van der Waals surface area contributed by atoms with Gasteiger partial charge in [0.25, 0.3) is 0 Å². The Balaban J connectivity index is 0.00000167. The molecule has 0 aliphatic carbocycles. The monoisotopic (exact) mass is 481 g/mol. The second-order valence-corrected chi connectivity index (χ2v) is 9.25. The molecule has 2 aromatic heterocycles. The third-order valence-electron chi connectivity index (χ3n) is 5.40. The van der Waals surface area contributed by atoms with Gasteiger partial charge in [-0.1, -0.05) is 32.0 Å². The van der Waals surface area contributed by atoms with Crippen LogP contribution in [-0.2, 0) is 17.8 Å². The zero-order valence-corrected chi connectivity index (χ0v) is 21.2. The number of likely N-dealkylation sites (tertiary alicyclic amines) is 1. The van der Waals surface area contributed by atoms with E-state index >= 15 is 0 Å². The van der Waals surface area contributed by atoms with Crippen LogP contribution in [0.5, 0.6) is 0 Å². The molecule has 3 heterocycles. The maximum atomic E-state index is 12.0. The smallest absolute Gasteiger partial charge is 0.407 e. The Morgan fingerprint density at radius 1 is 1.11 bits per heavy atom. The molecule has 2 N–H and O–H groups in total. The Labute approximate surface area is 206 Å². The largest absolute Gasteiger partial charge is 0.476 e. The molecule has 1 aliphatic rings. The predicted molar refractivity (Wildman–Crippen MR) is 134 cm³/mol. The molecule has 1 saturated heterocycles. The van der Waals surface area contributed by atoms with Crippen molar-refractivity contribution in [1.82, 2.24) is 24.8 Å². The number of carboxylic acid groups (broad SMARTS) is 1. The second kappa shape index (κ2) is 11.3. The average molecular weight is 482 g/mol. The van der Waals surface area contributed by atoms with Crippen molar-refractivity contribution in [2.24, 2.45) is 0 Å². The lowest BCUT2D eigenvalue weighted by Crippen LogP contribution is -2.32. The number of nitrogens with one attached hydrogen (secondary N) is 1. The number of carboxylic acids is 1. The van der Waals surface area contributed by atoms with E-state index in [1.165, 1.54) is 12.8 Å². The van der Waals surface area contributed by atoms with Gasteiger partial charge in [-0.2, -0.15) is 0 Å². The van der Waals surface area contributed by atoms with E-state index in [0.29, 0.717) is 23.4 Å². The van der Waals surface area contributed by atoms with Gasteiger partial charge in [-0.3, -0.25) is 4.90 Å². The van der Waals surface area contributed by atoms with Gasteiger partial charge in [-0.05, 0) is 70.5 Å². The minimum absolute atomic E-state index is 0.0371. The normalized spacial score (nSPS) is 13.9. The Morgan fingerprint density at radius 3 is 2.49 bits per heavy atom. The first-order valence-corrected chi connectivity index (χ1v) is 12.1. The van der Waals surface area contributed by atoms with Crippen LogP contribution < -0.4 is 5.32 Å². The molecule has 1 aromatic carbocycles. The van der Waals surface area contributed by atoms with Gasteiger partial charge < -0.3 is 15.2 Å². The number of nitrogens with zero attached hydrogens (tertiary/aromatic N) is 4. The molecule has 4 rings (SSSR count). The molecule has 1 aliphatic heterocycles. The second-order valence-electron chi connectivity index (χ2n) is 9.25. The van der Waals surface area contributed by atoms with E-state index in [-0.39, 0.29) is 12.2 Å². The lowest BCUT2D eigenvalue weighted by molar-refractivity contribution is 0.0523. The van der Waals surface area contributed by atoms with Gasteiger partial charge in [-0.25, -0.2) is 19.1 Å². The van der Waals surface area contributed by atoms with Crippen LogP contribution >= 0.6 is 0 Å². The molecule has 0 radical (unpaired) electrons. The van der Waals surface area contributed by atoms with Gasteiger partial charge in [0.1, 0.15) is 5.60 Å². The highest BCUT2D eigenvalue weighted by Crippen LogP contribution is 2.22. The van der Waals surface area contributed by atoms with Crippen molar-refractivity contribution in [3.8, 4) is 11.4 Å². The number of hydrogen-bond acceptors (Lipinski definition) is 6. The maximum absolute atomic E-state index is 12.0.